The van der Waals surface area contributed by atoms with Crippen LogP contribution in [0.1, 0.15) is 10.4 Å². The summed E-state index contributed by atoms with van der Waals surface area (Å²) < 4.78 is 0.774. The van der Waals surface area contributed by atoms with Gasteiger partial charge in [0.2, 0.25) is 0 Å². The molecule has 0 spiro atoms. The van der Waals surface area contributed by atoms with E-state index in [0.717, 1.165) is 26.5 Å². The standard InChI is InChI=1S/C17H14BrN3OS/c1-19-17-21-15(10-23-17)11-6-8-12(9-7-11)20-16(22)13-4-2-3-5-14(13)18/h2-10H,1H3,(H,19,21)(H,20,22). The molecule has 116 valence electrons. The summed E-state index contributed by atoms with van der Waals surface area (Å²) in [6, 6.07) is 15.0. The topological polar surface area (TPSA) is 54.0 Å². The number of hydrogen-bond donors (Lipinski definition) is 2. The molecule has 0 aliphatic rings. The van der Waals surface area contributed by atoms with Crippen LogP contribution in [0.3, 0.4) is 0 Å². The van der Waals surface area contributed by atoms with Crippen molar-refractivity contribution >= 4 is 44.0 Å². The molecule has 0 radical (unpaired) electrons. The van der Waals surface area contributed by atoms with Crippen molar-refractivity contribution < 1.29 is 4.79 Å². The summed E-state index contributed by atoms with van der Waals surface area (Å²) in [6.45, 7) is 0. The Labute approximate surface area is 146 Å². The third kappa shape index (κ3) is 3.60. The van der Waals surface area contributed by atoms with Crippen LogP contribution in [0, 0.1) is 0 Å². The molecule has 0 aliphatic heterocycles. The number of halogens is 1. The number of carbonyl (C=O) groups is 1. The maximum Gasteiger partial charge on any atom is 0.256 e. The SMILES string of the molecule is CNc1nc(-c2ccc(NC(=O)c3ccccc3Br)cc2)cs1. The summed E-state index contributed by atoms with van der Waals surface area (Å²) in [6.07, 6.45) is 0. The van der Waals surface area contributed by atoms with Crippen LogP contribution in [0.25, 0.3) is 11.3 Å². The van der Waals surface area contributed by atoms with Crippen LogP contribution in [0.4, 0.5) is 10.8 Å². The van der Waals surface area contributed by atoms with Gasteiger partial charge in [-0.3, -0.25) is 4.79 Å². The van der Waals surface area contributed by atoms with Crippen molar-refractivity contribution in [3.05, 3.63) is 63.9 Å². The van der Waals surface area contributed by atoms with E-state index in [-0.39, 0.29) is 5.91 Å². The number of rotatable bonds is 4. The predicted octanol–water partition coefficient (Wildman–Crippen LogP) is 4.87. The molecule has 1 amide bonds. The van der Waals surface area contributed by atoms with Gasteiger partial charge in [0.25, 0.3) is 5.91 Å². The molecule has 1 heterocycles. The Morgan fingerprint density at radius 3 is 2.52 bits per heavy atom. The van der Waals surface area contributed by atoms with Crippen molar-refractivity contribution in [2.24, 2.45) is 0 Å². The van der Waals surface area contributed by atoms with Crippen molar-refractivity contribution in [3.8, 4) is 11.3 Å². The third-order valence-electron chi connectivity index (χ3n) is 3.28. The van der Waals surface area contributed by atoms with E-state index in [1.807, 2.05) is 54.9 Å². The van der Waals surface area contributed by atoms with E-state index in [0.29, 0.717) is 5.56 Å². The van der Waals surface area contributed by atoms with E-state index >= 15 is 0 Å². The number of thiazole rings is 1. The minimum atomic E-state index is -0.142. The monoisotopic (exact) mass is 387 g/mol. The fraction of sp³-hybridized carbons (Fsp3) is 0.0588. The minimum absolute atomic E-state index is 0.142. The average molecular weight is 388 g/mol. The number of hydrogen-bond acceptors (Lipinski definition) is 4. The first-order chi connectivity index (χ1) is 11.2. The molecule has 3 rings (SSSR count). The molecule has 0 atom stereocenters. The minimum Gasteiger partial charge on any atom is -0.365 e. The zero-order valence-corrected chi connectivity index (χ0v) is 14.7. The highest BCUT2D eigenvalue weighted by molar-refractivity contribution is 9.10. The highest BCUT2D eigenvalue weighted by Crippen LogP contribution is 2.26. The molecule has 23 heavy (non-hydrogen) atoms. The summed E-state index contributed by atoms with van der Waals surface area (Å²) in [5.41, 5.74) is 3.29. The van der Waals surface area contributed by atoms with E-state index in [1.54, 1.807) is 17.4 Å². The Balaban J connectivity index is 1.75. The van der Waals surface area contributed by atoms with Crippen molar-refractivity contribution in [1.29, 1.82) is 0 Å². The number of anilines is 2. The van der Waals surface area contributed by atoms with E-state index in [1.165, 1.54) is 0 Å². The lowest BCUT2D eigenvalue weighted by Gasteiger charge is -2.07. The van der Waals surface area contributed by atoms with E-state index in [2.05, 4.69) is 31.5 Å². The molecule has 3 aromatic rings. The normalized spacial score (nSPS) is 10.3. The lowest BCUT2D eigenvalue weighted by molar-refractivity contribution is 0.102. The largest absolute Gasteiger partial charge is 0.365 e. The van der Waals surface area contributed by atoms with Crippen LogP contribution < -0.4 is 10.6 Å². The zero-order valence-electron chi connectivity index (χ0n) is 12.3. The number of nitrogens with one attached hydrogen (secondary N) is 2. The van der Waals surface area contributed by atoms with Crippen molar-refractivity contribution in [2.45, 2.75) is 0 Å². The van der Waals surface area contributed by atoms with Crippen LogP contribution in [0.5, 0.6) is 0 Å². The number of carbonyl (C=O) groups excluding carboxylic acids is 1. The van der Waals surface area contributed by atoms with Crippen LogP contribution >= 0.6 is 27.3 Å². The molecule has 2 N–H and O–H groups in total. The number of nitrogens with zero attached hydrogens (tertiary/aromatic N) is 1. The van der Waals surface area contributed by atoms with Gasteiger partial charge in [0.15, 0.2) is 5.13 Å². The molecular formula is C17H14BrN3OS. The lowest BCUT2D eigenvalue weighted by atomic mass is 10.1. The van der Waals surface area contributed by atoms with E-state index in [4.69, 9.17) is 0 Å². The van der Waals surface area contributed by atoms with Crippen molar-refractivity contribution in [2.75, 3.05) is 17.7 Å². The van der Waals surface area contributed by atoms with Gasteiger partial charge in [-0.1, -0.05) is 24.3 Å². The smallest absolute Gasteiger partial charge is 0.256 e. The predicted molar refractivity (Wildman–Crippen MR) is 99.2 cm³/mol. The third-order valence-corrected chi connectivity index (χ3v) is 4.83. The highest BCUT2D eigenvalue weighted by Gasteiger charge is 2.10. The maximum atomic E-state index is 12.3. The zero-order chi connectivity index (χ0) is 16.2. The molecule has 1 aromatic heterocycles. The van der Waals surface area contributed by atoms with Crippen molar-refractivity contribution in [1.82, 2.24) is 4.98 Å². The highest BCUT2D eigenvalue weighted by atomic mass is 79.9. The Morgan fingerprint density at radius 1 is 1.13 bits per heavy atom. The second-order valence-electron chi connectivity index (χ2n) is 4.80. The van der Waals surface area contributed by atoms with Gasteiger partial charge < -0.3 is 10.6 Å². The molecular weight excluding hydrogens is 374 g/mol. The van der Waals surface area contributed by atoms with E-state index in [9.17, 15) is 4.79 Å². The Kier molecular flexibility index (Phi) is 4.73. The Morgan fingerprint density at radius 2 is 1.87 bits per heavy atom. The van der Waals surface area contributed by atoms with Gasteiger partial charge in [-0.15, -0.1) is 11.3 Å². The summed E-state index contributed by atoms with van der Waals surface area (Å²) in [5, 5.41) is 8.80. The van der Waals surface area contributed by atoms with Crippen LogP contribution in [-0.4, -0.2) is 17.9 Å². The van der Waals surface area contributed by atoms with Crippen LogP contribution in [0.2, 0.25) is 0 Å². The molecule has 0 bridgehead atoms. The van der Waals surface area contributed by atoms with Gasteiger partial charge in [-0.05, 0) is 40.2 Å². The summed E-state index contributed by atoms with van der Waals surface area (Å²) >= 11 is 4.95. The summed E-state index contributed by atoms with van der Waals surface area (Å²) in [7, 11) is 1.85. The van der Waals surface area contributed by atoms with Crippen LogP contribution in [0.15, 0.2) is 58.4 Å². The molecule has 4 nitrogen and oxygen atoms in total. The number of amides is 1. The quantitative estimate of drug-likeness (QED) is 0.671. The first-order valence-corrected chi connectivity index (χ1v) is 8.64. The van der Waals surface area contributed by atoms with Crippen molar-refractivity contribution in [3.63, 3.8) is 0 Å². The Hall–Kier alpha value is -2.18. The second-order valence-corrected chi connectivity index (χ2v) is 6.51. The first kappa shape index (κ1) is 15.7. The van der Waals surface area contributed by atoms with Gasteiger partial charge >= 0.3 is 0 Å². The van der Waals surface area contributed by atoms with Gasteiger partial charge in [0, 0.05) is 28.2 Å². The van der Waals surface area contributed by atoms with Crippen LogP contribution in [-0.2, 0) is 0 Å². The van der Waals surface area contributed by atoms with Gasteiger partial charge in [0.05, 0.1) is 11.3 Å². The fourth-order valence-corrected chi connectivity index (χ4v) is 3.24. The molecule has 0 saturated heterocycles. The summed E-state index contributed by atoms with van der Waals surface area (Å²) in [4.78, 5) is 16.7. The molecule has 6 heteroatoms. The van der Waals surface area contributed by atoms with E-state index < -0.39 is 0 Å². The van der Waals surface area contributed by atoms with Gasteiger partial charge in [-0.25, -0.2) is 4.98 Å². The molecule has 0 unspecified atom stereocenters. The second kappa shape index (κ2) is 6.93. The number of benzene rings is 2. The number of aromatic nitrogens is 1. The van der Waals surface area contributed by atoms with Gasteiger partial charge in [-0.2, -0.15) is 0 Å². The molecule has 0 saturated carbocycles. The fourth-order valence-electron chi connectivity index (χ4n) is 2.09. The lowest BCUT2D eigenvalue weighted by Crippen LogP contribution is -2.12. The van der Waals surface area contributed by atoms with Gasteiger partial charge in [0.1, 0.15) is 0 Å². The average Bonchev–Trinajstić information content (AvgIpc) is 3.05. The molecule has 0 aliphatic carbocycles. The Bertz CT molecular complexity index is 830. The first-order valence-electron chi connectivity index (χ1n) is 6.97. The molecule has 2 aromatic carbocycles. The maximum absolute atomic E-state index is 12.3. The molecule has 0 fully saturated rings. The summed E-state index contributed by atoms with van der Waals surface area (Å²) in [5.74, 6) is -0.142.